The highest BCUT2D eigenvalue weighted by molar-refractivity contribution is 9.10. The lowest BCUT2D eigenvalue weighted by molar-refractivity contribution is 0.0950. The van der Waals surface area contributed by atoms with E-state index in [0.717, 1.165) is 0 Å². The van der Waals surface area contributed by atoms with E-state index in [4.69, 9.17) is 5.73 Å². The van der Waals surface area contributed by atoms with Gasteiger partial charge in [0.2, 0.25) is 0 Å². The van der Waals surface area contributed by atoms with Gasteiger partial charge in [-0.2, -0.15) is 5.21 Å². The topological polar surface area (TPSA) is 122 Å². The molecule has 0 aromatic carbocycles. The molecular weight excluding hydrogens is 290 g/mol. The number of nitrogens with one attached hydrogen (secondary N) is 2. The molecule has 17 heavy (non-hydrogen) atoms. The van der Waals surface area contributed by atoms with Crippen LogP contribution in [-0.4, -0.2) is 31.5 Å². The molecule has 0 spiro atoms. The summed E-state index contributed by atoms with van der Waals surface area (Å²) >= 11 is 3.22. The first-order valence-corrected chi connectivity index (χ1v) is 5.37. The predicted molar refractivity (Wildman–Crippen MR) is 61.7 cm³/mol. The summed E-state index contributed by atoms with van der Waals surface area (Å²) in [6.45, 7) is 0.168. The Morgan fingerprint density at radius 3 is 3.12 bits per heavy atom. The van der Waals surface area contributed by atoms with Gasteiger partial charge in [-0.05, 0) is 22.0 Å². The Hall–Kier alpha value is -2.03. The number of aromatic nitrogens is 5. The lowest BCUT2D eigenvalue weighted by Gasteiger charge is -2.05. The minimum absolute atomic E-state index is 0.166. The number of carbonyl (C=O) groups excluding carboxylic acids is 1. The average Bonchev–Trinajstić information content (AvgIpc) is 2.82. The van der Waals surface area contributed by atoms with Crippen molar-refractivity contribution in [1.82, 2.24) is 30.9 Å². The zero-order chi connectivity index (χ0) is 12.3. The molecule has 2 heterocycles. The van der Waals surface area contributed by atoms with Crippen LogP contribution in [0.2, 0.25) is 0 Å². The van der Waals surface area contributed by atoms with Gasteiger partial charge in [0.15, 0.2) is 5.82 Å². The van der Waals surface area contributed by atoms with Crippen LogP contribution in [0.3, 0.4) is 0 Å². The van der Waals surface area contributed by atoms with Crippen LogP contribution in [-0.2, 0) is 6.54 Å². The van der Waals surface area contributed by atoms with Crippen molar-refractivity contribution in [2.24, 2.45) is 0 Å². The number of hydrogen-bond acceptors (Lipinski definition) is 6. The van der Waals surface area contributed by atoms with Crippen molar-refractivity contribution in [1.29, 1.82) is 0 Å². The first-order chi connectivity index (χ1) is 8.16. The highest BCUT2D eigenvalue weighted by Crippen LogP contribution is 2.15. The number of nitrogens with two attached hydrogens (primary N) is 1. The highest BCUT2D eigenvalue weighted by Gasteiger charge is 2.11. The van der Waals surface area contributed by atoms with E-state index in [2.05, 4.69) is 46.9 Å². The monoisotopic (exact) mass is 297 g/mol. The number of H-pyrrole nitrogens is 1. The number of carbonyl (C=O) groups is 1. The Kier molecular flexibility index (Phi) is 3.28. The van der Waals surface area contributed by atoms with Crippen LogP contribution in [0.4, 0.5) is 5.82 Å². The SMILES string of the molecule is Nc1ncc(Br)cc1C(=O)NCc1nn[nH]n1. The number of nitrogens with zero attached hydrogens (tertiary/aromatic N) is 4. The van der Waals surface area contributed by atoms with Crippen molar-refractivity contribution < 1.29 is 4.79 Å². The van der Waals surface area contributed by atoms with E-state index >= 15 is 0 Å². The fourth-order valence-corrected chi connectivity index (χ4v) is 1.47. The third-order valence-electron chi connectivity index (χ3n) is 1.93. The van der Waals surface area contributed by atoms with Crippen molar-refractivity contribution in [3.63, 3.8) is 0 Å². The van der Waals surface area contributed by atoms with Crippen LogP contribution in [0.5, 0.6) is 0 Å². The van der Waals surface area contributed by atoms with Gasteiger partial charge in [-0.15, -0.1) is 10.2 Å². The second-order valence-electron chi connectivity index (χ2n) is 3.10. The van der Waals surface area contributed by atoms with Gasteiger partial charge < -0.3 is 11.1 Å². The van der Waals surface area contributed by atoms with Gasteiger partial charge in [-0.1, -0.05) is 5.21 Å². The van der Waals surface area contributed by atoms with E-state index in [1.807, 2.05) is 0 Å². The molecule has 88 valence electrons. The van der Waals surface area contributed by atoms with Gasteiger partial charge >= 0.3 is 0 Å². The third-order valence-corrected chi connectivity index (χ3v) is 2.36. The standard InChI is InChI=1S/C8H8BrN7O/c9-4-1-5(7(10)11-2-4)8(17)12-3-6-13-15-16-14-6/h1-2H,3H2,(H2,10,11)(H,12,17)(H,13,14,15,16). The van der Waals surface area contributed by atoms with Crippen molar-refractivity contribution in [3.05, 3.63) is 28.1 Å². The number of nitrogen functional groups attached to an aromatic ring is 1. The quantitative estimate of drug-likeness (QED) is 0.725. The van der Waals surface area contributed by atoms with Crippen molar-refractivity contribution in [3.8, 4) is 0 Å². The minimum atomic E-state index is -0.346. The van der Waals surface area contributed by atoms with Gasteiger partial charge in [-0.25, -0.2) is 4.98 Å². The molecule has 0 atom stereocenters. The van der Waals surface area contributed by atoms with Crippen LogP contribution in [0.1, 0.15) is 16.2 Å². The lowest BCUT2D eigenvalue weighted by atomic mass is 10.2. The molecule has 0 aliphatic carbocycles. The van der Waals surface area contributed by atoms with Gasteiger partial charge in [0, 0.05) is 10.7 Å². The number of anilines is 1. The van der Waals surface area contributed by atoms with Gasteiger partial charge in [0.25, 0.3) is 5.91 Å². The molecule has 0 saturated carbocycles. The van der Waals surface area contributed by atoms with Crippen molar-refractivity contribution >= 4 is 27.7 Å². The first kappa shape index (κ1) is 11.5. The molecule has 0 aliphatic heterocycles. The second-order valence-corrected chi connectivity index (χ2v) is 4.01. The van der Waals surface area contributed by atoms with Crippen molar-refractivity contribution in [2.75, 3.05) is 5.73 Å². The third kappa shape index (κ3) is 2.75. The Balaban J connectivity index is 2.07. The lowest BCUT2D eigenvalue weighted by Crippen LogP contribution is -2.24. The van der Waals surface area contributed by atoms with Crippen LogP contribution in [0.15, 0.2) is 16.7 Å². The number of hydrogen-bond donors (Lipinski definition) is 3. The van der Waals surface area contributed by atoms with Gasteiger partial charge in [0.05, 0.1) is 12.1 Å². The summed E-state index contributed by atoms with van der Waals surface area (Å²) < 4.78 is 0.677. The molecule has 0 aliphatic rings. The fourth-order valence-electron chi connectivity index (χ4n) is 1.14. The Bertz CT molecular complexity index is 527. The largest absolute Gasteiger partial charge is 0.383 e. The number of amides is 1. The van der Waals surface area contributed by atoms with E-state index < -0.39 is 0 Å². The molecule has 1 amide bonds. The number of aromatic amines is 1. The van der Waals surface area contributed by atoms with E-state index in [-0.39, 0.29) is 18.3 Å². The molecule has 2 aromatic rings. The summed E-state index contributed by atoms with van der Waals surface area (Å²) in [5, 5.41) is 15.7. The number of pyridine rings is 1. The maximum atomic E-state index is 11.8. The number of tetrazole rings is 1. The van der Waals surface area contributed by atoms with Crippen LogP contribution in [0, 0.1) is 0 Å². The molecule has 0 fully saturated rings. The Morgan fingerprint density at radius 2 is 2.41 bits per heavy atom. The van der Waals surface area contributed by atoms with E-state index in [9.17, 15) is 4.79 Å². The zero-order valence-electron chi connectivity index (χ0n) is 8.51. The normalized spacial score (nSPS) is 10.2. The van der Waals surface area contributed by atoms with Crippen LogP contribution in [0.25, 0.3) is 0 Å². The van der Waals surface area contributed by atoms with Gasteiger partial charge in [0.1, 0.15) is 5.82 Å². The maximum absolute atomic E-state index is 11.8. The molecule has 8 nitrogen and oxygen atoms in total. The Labute approximate surface area is 104 Å². The molecule has 0 bridgehead atoms. The summed E-state index contributed by atoms with van der Waals surface area (Å²) in [5.41, 5.74) is 5.89. The van der Waals surface area contributed by atoms with Crippen molar-refractivity contribution in [2.45, 2.75) is 6.54 Å². The van der Waals surface area contributed by atoms with Crippen LogP contribution < -0.4 is 11.1 Å². The molecule has 0 unspecified atom stereocenters. The number of halogens is 1. The fraction of sp³-hybridized carbons (Fsp3) is 0.125. The molecule has 0 radical (unpaired) electrons. The highest BCUT2D eigenvalue weighted by atomic mass is 79.9. The summed E-state index contributed by atoms with van der Waals surface area (Å²) in [4.78, 5) is 15.6. The molecule has 9 heteroatoms. The van der Waals surface area contributed by atoms with E-state index in [1.54, 1.807) is 6.07 Å². The average molecular weight is 298 g/mol. The predicted octanol–water partition coefficient (Wildman–Crippen LogP) is -0.131. The minimum Gasteiger partial charge on any atom is -0.383 e. The summed E-state index contributed by atoms with van der Waals surface area (Å²) in [6.07, 6.45) is 1.52. The molecule has 0 saturated heterocycles. The van der Waals surface area contributed by atoms with E-state index in [0.29, 0.717) is 15.9 Å². The summed E-state index contributed by atoms with van der Waals surface area (Å²) in [7, 11) is 0. The van der Waals surface area contributed by atoms with Gasteiger partial charge in [-0.3, -0.25) is 4.79 Å². The molecule has 2 rings (SSSR count). The first-order valence-electron chi connectivity index (χ1n) is 4.58. The Morgan fingerprint density at radius 1 is 1.59 bits per heavy atom. The smallest absolute Gasteiger partial charge is 0.255 e. The molecule has 2 aromatic heterocycles. The number of rotatable bonds is 3. The maximum Gasteiger partial charge on any atom is 0.255 e. The zero-order valence-corrected chi connectivity index (χ0v) is 10.1. The second kappa shape index (κ2) is 4.87. The summed E-state index contributed by atoms with van der Waals surface area (Å²) in [5.74, 6) is 0.208. The van der Waals surface area contributed by atoms with Crippen LogP contribution >= 0.6 is 15.9 Å². The molecule has 4 N–H and O–H groups in total. The molecular formula is C8H8BrN7O. The summed E-state index contributed by atoms with van der Waals surface area (Å²) in [6, 6.07) is 1.59. The van der Waals surface area contributed by atoms with E-state index in [1.165, 1.54) is 6.20 Å².